The topological polar surface area (TPSA) is 64.4 Å². The second-order valence-electron chi connectivity index (χ2n) is 3.49. The Labute approximate surface area is 88.7 Å². The van der Waals surface area contributed by atoms with Crippen LogP contribution < -0.4 is 0 Å². The van der Waals surface area contributed by atoms with Crippen molar-refractivity contribution in [3.63, 3.8) is 0 Å². The molecule has 0 aromatic carbocycles. The van der Waals surface area contributed by atoms with Crippen LogP contribution in [0.25, 0.3) is 0 Å². The van der Waals surface area contributed by atoms with E-state index in [2.05, 4.69) is 5.10 Å². The van der Waals surface area contributed by atoms with E-state index in [9.17, 15) is 4.79 Å². The molecule has 1 N–H and O–H groups in total. The fourth-order valence-corrected chi connectivity index (χ4v) is 1.26. The van der Waals surface area contributed by atoms with Gasteiger partial charge in [-0.1, -0.05) is 0 Å². The summed E-state index contributed by atoms with van der Waals surface area (Å²) < 4.78 is 7.04. The number of aryl methyl sites for hydroxylation is 1. The van der Waals surface area contributed by atoms with Crippen LogP contribution in [-0.4, -0.2) is 27.0 Å². The summed E-state index contributed by atoms with van der Waals surface area (Å²) in [7, 11) is 0. The summed E-state index contributed by atoms with van der Waals surface area (Å²) >= 11 is 0. The Bertz CT molecular complexity index is 344. The van der Waals surface area contributed by atoms with Gasteiger partial charge in [-0.15, -0.1) is 0 Å². The Morgan fingerprint density at radius 1 is 1.67 bits per heavy atom. The van der Waals surface area contributed by atoms with Gasteiger partial charge in [0.25, 0.3) is 0 Å². The molecular weight excluding hydrogens is 196 g/mol. The first-order valence-corrected chi connectivity index (χ1v) is 4.95. The average molecular weight is 212 g/mol. The quantitative estimate of drug-likeness (QED) is 0.803. The SMILES string of the molecule is CCn1ncc(C(=O)O)c1COC(C)C. The highest BCUT2D eigenvalue weighted by molar-refractivity contribution is 5.88. The highest BCUT2D eigenvalue weighted by Crippen LogP contribution is 2.11. The Balaban J connectivity index is 2.90. The third kappa shape index (κ3) is 2.79. The average Bonchev–Trinajstić information content (AvgIpc) is 2.57. The van der Waals surface area contributed by atoms with Crippen LogP contribution >= 0.6 is 0 Å². The molecule has 0 amide bonds. The number of aromatic carboxylic acids is 1. The van der Waals surface area contributed by atoms with Crippen molar-refractivity contribution in [2.45, 2.75) is 40.0 Å². The summed E-state index contributed by atoms with van der Waals surface area (Å²) in [6, 6.07) is 0. The number of hydrogen-bond donors (Lipinski definition) is 1. The van der Waals surface area contributed by atoms with Gasteiger partial charge in [0.15, 0.2) is 0 Å². The zero-order valence-electron chi connectivity index (χ0n) is 9.23. The van der Waals surface area contributed by atoms with E-state index >= 15 is 0 Å². The van der Waals surface area contributed by atoms with E-state index in [1.807, 2.05) is 20.8 Å². The second kappa shape index (κ2) is 4.93. The van der Waals surface area contributed by atoms with Crippen molar-refractivity contribution in [2.75, 3.05) is 0 Å². The molecule has 0 aliphatic carbocycles. The van der Waals surface area contributed by atoms with E-state index in [1.165, 1.54) is 6.20 Å². The summed E-state index contributed by atoms with van der Waals surface area (Å²) in [5, 5.41) is 12.9. The van der Waals surface area contributed by atoms with Crippen molar-refractivity contribution in [1.82, 2.24) is 9.78 Å². The van der Waals surface area contributed by atoms with Gasteiger partial charge in [-0.2, -0.15) is 5.10 Å². The van der Waals surface area contributed by atoms with Gasteiger partial charge in [-0.05, 0) is 20.8 Å². The number of hydrogen-bond acceptors (Lipinski definition) is 3. The molecule has 0 spiro atoms. The molecule has 5 nitrogen and oxygen atoms in total. The molecule has 0 saturated carbocycles. The standard InChI is InChI=1S/C10H16N2O3/c1-4-12-9(6-15-7(2)3)8(5-11-12)10(13)14/h5,7H,4,6H2,1-3H3,(H,13,14). The van der Waals surface area contributed by atoms with Crippen molar-refractivity contribution in [1.29, 1.82) is 0 Å². The molecule has 0 saturated heterocycles. The molecule has 1 aromatic heterocycles. The molecule has 0 aliphatic heterocycles. The third-order valence-corrected chi connectivity index (χ3v) is 2.03. The van der Waals surface area contributed by atoms with E-state index in [-0.39, 0.29) is 18.3 Å². The van der Waals surface area contributed by atoms with Gasteiger partial charge in [-0.3, -0.25) is 4.68 Å². The van der Waals surface area contributed by atoms with Crippen LogP contribution in [0.15, 0.2) is 6.20 Å². The van der Waals surface area contributed by atoms with Gasteiger partial charge in [0, 0.05) is 6.54 Å². The molecule has 5 heteroatoms. The molecule has 1 rings (SSSR count). The van der Waals surface area contributed by atoms with Crippen LogP contribution in [0.4, 0.5) is 0 Å². The van der Waals surface area contributed by atoms with Crippen LogP contribution in [-0.2, 0) is 17.9 Å². The number of aromatic nitrogens is 2. The minimum absolute atomic E-state index is 0.0758. The van der Waals surface area contributed by atoms with Crippen LogP contribution in [0, 0.1) is 0 Å². The largest absolute Gasteiger partial charge is 0.478 e. The number of rotatable bonds is 5. The highest BCUT2D eigenvalue weighted by Gasteiger charge is 2.16. The molecule has 0 fully saturated rings. The van der Waals surface area contributed by atoms with E-state index in [4.69, 9.17) is 9.84 Å². The van der Waals surface area contributed by atoms with Crippen molar-refractivity contribution in [3.8, 4) is 0 Å². The zero-order chi connectivity index (χ0) is 11.4. The number of carboxylic acids is 1. The summed E-state index contributed by atoms with van der Waals surface area (Å²) in [6.45, 7) is 6.66. The number of carboxylic acid groups (broad SMARTS) is 1. The molecular formula is C10H16N2O3. The van der Waals surface area contributed by atoms with Gasteiger partial charge < -0.3 is 9.84 Å². The molecule has 84 valence electrons. The molecule has 1 aromatic rings. The van der Waals surface area contributed by atoms with Crippen LogP contribution in [0.2, 0.25) is 0 Å². The fourth-order valence-electron chi connectivity index (χ4n) is 1.26. The van der Waals surface area contributed by atoms with Crippen molar-refractivity contribution in [2.24, 2.45) is 0 Å². The molecule has 0 bridgehead atoms. The third-order valence-electron chi connectivity index (χ3n) is 2.03. The predicted octanol–water partition coefficient (Wildman–Crippen LogP) is 1.53. The lowest BCUT2D eigenvalue weighted by atomic mass is 10.2. The molecule has 15 heavy (non-hydrogen) atoms. The first-order valence-electron chi connectivity index (χ1n) is 4.95. The lowest BCUT2D eigenvalue weighted by Gasteiger charge is -2.09. The Morgan fingerprint density at radius 3 is 2.80 bits per heavy atom. The molecule has 0 radical (unpaired) electrons. The van der Waals surface area contributed by atoms with Gasteiger partial charge in [0.1, 0.15) is 5.56 Å². The predicted molar refractivity (Wildman–Crippen MR) is 54.8 cm³/mol. The second-order valence-corrected chi connectivity index (χ2v) is 3.49. The van der Waals surface area contributed by atoms with E-state index in [1.54, 1.807) is 4.68 Å². The first-order chi connectivity index (χ1) is 7.06. The lowest BCUT2D eigenvalue weighted by Crippen LogP contribution is -2.11. The number of ether oxygens (including phenoxy) is 1. The minimum atomic E-state index is -0.961. The summed E-state index contributed by atoms with van der Waals surface area (Å²) in [5.41, 5.74) is 0.844. The van der Waals surface area contributed by atoms with Gasteiger partial charge in [0.2, 0.25) is 0 Å². The van der Waals surface area contributed by atoms with Crippen LogP contribution in [0.3, 0.4) is 0 Å². The van der Waals surface area contributed by atoms with E-state index < -0.39 is 5.97 Å². The zero-order valence-corrected chi connectivity index (χ0v) is 9.23. The normalized spacial score (nSPS) is 10.9. The Kier molecular flexibility index (Phi) is 3.85. The smallest absolute Gasteiger partial charge is 0.339 e. The number of carbonyl (C=O) groups is 1. The molecule has 0 unspecified atom stereocenters. The first kappa shape index (κ1) is 11.7. The van der Waals surface area contributed by atoms with Crippen molar-refractivity contribution < 1.29 is 14.6 Å². The van der Waals surface area contributed by atoms with E-state index in [0.29, 0.717) is 12.2 Å². The maximum Gasteiger partial charge on any atom is 0.339 e. The summed E-state index contributed by atoms with van der Waals surface area (Å²) in [4.78, 5) is 10.9. The maximum absolute atomic E-state index is 10.9. The van der Waals surface area contributed by atoms with Gasteiger partial charge in [0.05, 0.1) is 24.6 Å². The van der Waals surface area contributed by atoms with Crippen LogP contribution in [0.5, 0.6) is 0 Å². The highest BCUT2D eigenvalue weighted by atomic mass is 16.5. The molecule has 0 aliphatic rings. The molecule has 0 atom stereocenters. The minimum Gasteiger partial charge on any atom is -0.478 e. The maximum atomic E-state index is 10.9. The van der Waals surface area contributed by atoms with Gasteiger partial charge in [-0.25, -0.2) is 4.79 Å². The Morgan fingerprint density at radius 2 is 2.33 bits per heavy atom. The van der Waals surface area contributed by atoms with Crippen molar-refractivity contribution >= 4 is 5.97 Å². The number of nitrogens with zero attached hydrogens (tertiary/aromatic N) is 2. The summed E-state index contributed by atoms with van der Waals surface area (Å²) in [6.07, 6.45) is 1.44. The van der Waals surface area contributed by atoms with E-state index in [0.717, 1.165) is 0 Å². The van der Waals surface area contributed by atoms with Crippen molar-refractivity contribution in [3.05, 3.63) is 17.5 Å². The Hall–Kier alpha value is -1.36. The lowest BCUT2D eigenvalue weighted by molar-refractivity contribution is 0.0573. The van der Waals surface area contributed by atoms with Gasteiger partial charge >= 0.3 is 5.97 Å². The van der Waals surface area contributed by atoms with Crippen LogP contribution in [0.1, 0.15) is 36.8 Å². The monoisotopic (exact) mass is 212 g/mol. The molecule has 1 heterocycles. The summed E-state index contributed by atoms with van der Waals surface area (Å²) in [5.74, 6) is -0.961. The fraction of sp³-hybridized carbons (Fsp3) is 0.600.